The van der Waals surface area contributed by atoms with Gasteiger partial charge in [0.05, 0.1) is 6.42 Å². The van der Waals surface area contributed by atoms with Crippen molar-refractivity contribution < 1.29 is 24.2 Å². The molecule has 1 atom stereocenters. The minimum absolute atomic E-state index is 0.102. The number of thioether (sulfide) groups is 1. The van der Waals surface area contributed by atoms with E-state index in [0.29, 0.717) is 5.57 Å². The maximum atomic E-state index is 12.9. The molecule has 158 valence electrons. The molecule has 10 heteroatoms. The molecule has 3 N–H and O–H groups in total. The van der Waals surface area contributed by atoms with Crippen molar-refractivity contribution in [2.75, 3.05) is 0 Å². The van der Waals surface area contributed by atoms with E-state index in [1.165, 1.54) is 6.42 Å². The molecule has 29 heavy (non-hydrogen) atoms. The number of ether oxygens (including phenoxy) is 1. The minimum Gasteiger partial charge on any atom is -0.481 e. The summed E-state index contributed by atoms with van der Waals surface area (Å²) in [5, 5.41) is 22.0. The number of carbonyl (C=O) groups excluding carboxylic acids is 2. The molecule has 3 aliphatic rings. The summed E-state index contributed by atoms with van der Waals surface area (Å²) in [7, 11) is 0. The summed E-state index contributed by atoms with van der Waals surface area (Å²) in [6.07, 6.45) is 5.03. The zero-order valence-corrected chi connectivity index (χ0v) is 17.6. The Morgan fingerprint density at radius 1 is 1.28 bits per heavy atom. The van der Waals surface area contributed by atoms with Gasteiger partial charge in [0.25, 0.3) is 5.91 Å². The number of carboxylic acid groups (broad SMARTS) is 1. The van der Waals surface area contributed by atoms with E-state index in [4.69, 9.17) is 9.84 Å². The molecule has 3 rings (SSSR count). The second-order valence-corrected chi connectivity index (χ2v) is 9.12. The van der Waals surface area contributed by atoms with Crippen molar-refractivity contribution in [1.82, 2.24) is 10.6 Å². The highest BCUT2D eigenvalue weighted by Gasteiger charge is 2.40. The molecule has 2 fully saturated rings. The average molecular weight is 423 g/mol. The fourth-order valence-corrected chi connectivity index (χ4v) is 4.42. The van der Waals surface area contributed by atoms with Gasteiger partial charge in [0.2, 0.25) is 11.8 Å². The molecule has 0 spiro atoms. The highest BCUT2D eigenvalue weighted by atomic mass is 32.2. The zero-order valence-electron chi connectivity index (χ0n) is 16.8. The number of carbonyl (C=O) groups is 3. The Balaban J connectivity index is 1.77. The second-order valence-electron chi connectivity index (χ2n) is 7.92. The highest BCUT2D eigenvalue weighted by Crippen LogP contribution is 2.33. The van der Waals surface area contributed by atoms with Crippen molar-refractivity contribution in [1.29, 1.82) is 0 Å². The summed E-state index contributed by atoms with van der Waals surface area (Å²) in [5.74, 6) is -1.62. The van der Waals surface area contributed by atoms with Crippen LogP contribution in [0.3, 0.4) is 0 Å². The summed E-state index contributed by atoms with van der Waals surface area (Å²) in [4.78, 5) is 35.6. The molecule has 2 heterocycles. The summed E-state index contributed by atoms with van der Waals surface area (Å²) >= 11 is 0.999. The van der Waals surface area contributed by atoms with Gasteiger partial charge in [0.1, 0.15) is 16.4 Å². The molecule has 2 amide bonds. The van der Waals surface area contributed by atoms with Crippen LogP contribution >= 0.6 is 11.8 Å². The number of hydrogen-bond donors (Lipinski definition) is 3. The van der Waals surface area contributed by atoms with Crippen LogP contribution < -0.4 is 10.6 Å². The molecule has 2 aliphatic heterocycles. The number of nitrogens with zero attached hydrogens (tertiary/aromatic N) is 2. The van der Waals surface area contributed by atoms with Crippen molar-refractivity contribution in [3.8, 4) is 0 Å². The smallest absolute Gasteiger partial charge is 0.305 e. The summed E-state index contributed by atoms with van der Waals surface area (Å²) in [6.45, 7) is 5.53. The van der Waals surface area contributed by atoms with Gasteiger partial charge in [-0.1, -0.05) is 31.0 Å². The molecule has 0 aromatic carbocycles. The third kappa shape index (κ3) is 4.98. The van der Waals surface area contributed by atoms with Gasteiger partial charge in [0, 0.05) is 6.04 Å². The molecule has 1 saturated heterocycles. The minimum atomic E-state index is -1.06. The molecule has 1 saturated carbocycles. The van der Waals surface area contributed by atoms with Crippen molar-refractivity contribution in [2.24, 2.45) is 10.2 Å². The van der Waals surface area contributed by atoms with Crippen LogP contribution in [0.2, 0.25) is 0 Å². The molecular weight excluding hydrogens is 396 g/mol. The fourth-order valence-electron chi connectivity index (χ4n) is 3.51. The van der Waals surface area contributed by atoms with Crippen molar-refractivity contribution >= 4 is 40.6 Å². The number of amidine groups is 1. The van der Waals surface area contributed by atoms with Crippen molar-refractivity contribution in [3.05, 3.63) is 11.1 Å². The third-order valence-corrected chi connectivity index (χ3v) is 6.45. The first-order valence-electron chi connectivity index (χ1n) is 9.74. The normalized spacial score (nSPS) is 27.3. The summed E-state index contributed by atoms with van der Waals surface area (Å²) < 4.78 is 5.85. The van der Waals surface area contributed by atoms with Crippen LogP contribution in [0, 0.1) is 0 Å². The van der Waals surface area contributed by atoms with Crippen LogP contribution in [0.1, 0.15) is 59.3 Å². The van der Waals surface area contributed by atoms with Gasteiger partial charge >= 0.3 is 5.97 Å². The van der Waals surface area contributed by atoms with Crippen LogP contribution in [0.15, 0.2) is 21.3 Å². The van der Waals surface area contributed by atoms with Gasteiger partial charge in [-0.3, -0.25) is 14.4 Å². The van der Waals surface area contributed by atoms with Gasteiger partial charge < -0.3 is 20.5 Å². The average Bonchev–Trinajstić information content (AvgIpc) is 3.10. The van der Waals surface area contributed by atoms with Gasteiger partial charge in [-0.15, -0.1) is 10.2 Å². The standard InChI is InChI=1S/C19H26N4O5S/c1-10-14(16(27)20-11-7-5-4-6-8-11)17(28-19(10,2)3)22-23-18-21-15(26)12(29-18)9-13(24)25/h11-12H,4-9H2,1-3H3,(H,20,27)(H,24,25)(H,21,23,26). The van der Waals surface area contributed by atoms with Crippen LogP contribution in [0.5, 0.6) is 0 Å². The molecule has 1 aliphatic carbocycles. The number of amides is 2. The second kappa shape index (κ2) is 8.56. The molecule has 9 nitrogen and oxygen atoms in total. The Bertz CT molecular complexity index is 811. The lowest BCUT2D eigenvalue weighted by molar-refractivity contribution is -0.138. The molecule has 0 aromatic rings. The topological polar surface area (TPSA) is 129 Å². The predicted octanol–water partition coefficient (Wildman–Crippen LogP) is 1.94. The fraction of sp³-hybridized carbons (Fsp3) is 0.632. The molecule has 0 aromatic heterocycles. The quantitative estimate of drug-likeness (QED) is 0.581. The van der Waals surface area contributed by atoms with Crippen molar-refractivity contribution in [3.63, 3.8) is 0 Å². The SMILES string of the molecule is CC1=C(C(=O)NC2CCCCC2)C(=NN=C2NC(=O)C(CC(=O)O)S2)OC1(C)C. The van der Waals surface area contributed by atoms with Gasteiger partial charge in [0.15, 0.2) is 5.17 Å². The maximum absolute atomic E-state index is 12.9. The van der Waals surface area contributed by atoms with Crippen LogP contribution in [0.25, 0.3) is 0 Å². The van der Waals surface area contributed by atoms with E-state index >= 15 is 0 Å². The number of rotatable bonds is 5. The lowest BCUT2D eigenvalue weighted by atomic mass is 9.94. The van der Waals surface area contributed by atoms with Gasteiger partial charge in [-0.2, -0.15) is 0 Å². The Morgan fingerprint density at radius 3 is 2.62 bits per heavy atom. The molecule has 1 unspecified atom stereocenters. The monoisotopic (exact) mass is 422 g/mol. The summed E-state index contributed by atoms with van der Waals surface area (Å²) in [5.41, 5.74) is 0.425. The van der Waals surface area contributed by atoms with E-state index in [9.17, 15) is 14.4 Å². The first-order chi connectivity index (χ1) is 13.7. The first kappa shape index (κ1) is 21.4. The Labute approximate surface area is 173 Å². The Kier molecular flexibility index (Phi) is 6.30. The Hall–Kier alpha value is -2.36. The lowest BCUT2D eigenvalue weighted by Crippen LogP contribution is -2.38. The van der Waals surface area contributed by atoms with E-state index in [0.717, 1.165) is 43.0 Å². The van der Waals surface area contributed by atoms with Crippen LogP contribution in [0.4, 0.5) is 0 Å². The van der Waals surface area contributed by atoms with E-state index < -0.39 is 22.7 Å². The van der Waals surface area contributed by atoms with E-state index in [1.54, 1.807) is 0 Å². The number of aliphatic carboxylic acids is 1. The maximum Gasteiger partial charge on any atom is 0.305 e. The highest BCUT2D eigenvalue weighted by molar-refractivity contribution is 8.15. The van der Waals surface area contributed by atoms with Crippen LogP contribution in [-0.4, -0.2) is 50.8 Å². The van der Waals surface area contributed by atoms with Crippen LogP contribution in [-0.2, 0) is 19.1 Å². The Morgan fingerprint density at radius 2 is 1.97 bits per heavy atom. The predicted molar refractivity (Wildman–Crippen MR) is 110 cm³/mol. The van der Waals surface area contributed by atoms with Gasteiger partial charge in [-0.25, -0.2) is 0 Å². The van der Waals surface area contributed by atoms with E-state index in [2.05, 4.69) is 20.8 Å². The largest absolute Gasteiger partial charge is 0.481 e. The van der Waals surface area contributed by atoms with Gasteiger partial charge in [-0.05, 0) is 39.2 Å². The lowest BCUT2D eigenvalue weighted by Gasteiger charge is -2.22. The van der Waals surface area contributed by atoms with E-state index in [-0.39, 0.29) is 29.4 Å². The third-order valence-electron chi connectivity index (χ3n) is 5.38. The molecular formula is C19H26N4O5S. The zero-order chi connectivity index (χ0) is 21.2. The van der Waals surface area contributed by atoms with Crippen molar-refractivity contribution in [2.45, 2.75) is 76.2 Å². The summed E-state index contributed by atoms with van der Waals surface area (Å²) in [6, 6.07) is 0.147. The molecule has 0 bridgehead atoms. The number of hydrogen-bond acceptors (Lipinski definition) is 7. The first-order valence-corrected chi connectivity index (χ1v) is 10.6. The number of carboxylic acids is 1. The van der Waals surface area contributed by atoms with E-state index in [1.807, 2.05) is 20.8 Å². The number of nitrogens with one attached hydrogen (secondary N) is 2. The molecule has 0 radical (unpaired) electrons.